The standard InChI is InChI=1S/C22H27ClFN5O2/c1-5-27-12-16(10-25-27)13-28-15(2)11-29(21(28)30)19-9-17(8-18(23)20(19)24)26-6-7-31-22(3,4)14-26/h8-12H,5-7,13-14H2,1-4H3. The second-order valence-corrected chi connectivity index (χ2v) is 8.91. The highest BCUT2D eigenvalue weighted by Gasteiger charge is 2.28. The minimum atomic E-state index is -0.615. The number of ether oxygens (including phenoxy) is 1. The molecule has 0 amide bonds. The van der Waals surface area contributed by atoms with Crippen LogP contribution in [0.15, 0.2) is 35.5 Å². The lowest BCUT2D eigenvalue weighted by Gasteiger charge is -2.39. The molecule has 31 heavy (non-hydrogen) atoms. The number of imidazole rings is 1. The molecule has 4 rings (SSSR count). The molecule has 0 radical (unpaired) electrons. The molecule has 1 aromatic carbocycles. The summed E-state index contributed by atoms with van der Waals surface area (Å²) < 4.78 is 25.5. The molecule has 0 unspecified atom stereocenters. The number of hydrogen-bond donors (Lipinski definition) is 0. The molecule has 3 heterocycles. The number of anilines is 1. The minimum absolute atomic E-state index is 0.0154. The smallest absolute Gasteiger partial charge is 0.333 e. The van der Waals surface area contributed by atoms with Crippen molar-refractivity contribution in [2.24, 2.45) is 0 Å². The molecule has 9 heteroatoms. The largest absolute Gasteiger partial charge is 0.372 e. The molecule has 166 valence electrons. The fourth-order valence-corrected chi connectivity index (χ4v) is 4.17. The van der Waals surface area contributed by atoms with Crippen LogP contribution in [0.3, 0.4) is 0 Å². The molecule has 1 aliphatic rings. The number of rotatable bonds is 5. The van der Waals surface area contributed by atoms with Crippen LogP contribution in [0.25, 0.3) is 5.69 Å². The summed E-state index contributed by atoms with van der Waals surface area (Å²) in [6.45, 7) is 10.9. The molecule has 0 N–H and O–H groups in total. The lowest BCUT2D eigenvalue weighted by atomic mass is 10.1. The molecule has 0 spiro atoms. The van der Waals surface area contributed by atoms with E-state index in [1.54, 1.807) is 33.8 Å². The van der Waals surface area contributed by atoms with E-state index in [-0.39, 0.29) is 22.0 Å². The summed E-state index contributed by atoms with van der Waals surface area (Å²) in [6, 6.07) is 3.29. The van der Waals surface area contributed by atoms with Crippen molar-refractivity contribution in [3.8, 4) is 5.69 Å². The molecule has 0 atom stereocenters. The van der Waals surface area contributed by atoms with Gasteiger partial charge >= 0.3 is 5.69 Å². The molecular weight excluding hydrogens is 421 g/mol. The SMILES string of the molecule is CCn1cc(Cn2c(C)cn(-c3cc(N4CCOC(C)(C)C4)cc(Cl)c3F)c2=O)cn1. The van der Waals surface area contributed by atoms with E-state index in [4.69, 9.17) is 16.3 Å². The highest BCUT2D eigenvalue weighted by molar-refractivity contribution is 6.31. The lowest BCUT2D eigenvalue weighted by molar-refractivity contribution is -0.0276. The fourth-order valence-electron chi connectivity index (χ4n) is 3.96. The van der Waals surface area contributed by atoms with Crippen molar-refractivity contribution < 1.29 is 9.13 Å². The Labute approximate surface area is 185 Å². The van der Waals surface area contributed by atoms with Crippen molar-refractivity contribution in [1.29, 1.82) is 0 Å². The lowest BCUT2D eigenvalue weighted by Crippen LogP contribution is -2.48. The quantitative estimate of drug-likeness (QED) is 0.599. The topological polar surface area (TPSA) is 57.2 Å². The van der Waals surface area contributed by atoms with E-state index < -0.39 is 5.82 Å². The van der Waals surface area contributed by atoms with Gasteiger partial charge < -0.3 is 9.64 Å². The zero-order chi connectivity index (χ0) is 22.3. The van der Waals surface area contributed by atoms with Gasteiger partial charge in [0.15, 0.2) is 5.82 Å². The van der Waals surface area contributed by atoms with Crippen LogP contribution < -0.4 is 10.6 Å². The molecule has 0 saturated carbocycles. The summed E-state index contributed by atoms with van der Waals surface area (Å²) in [5.41, 5.74) is 1.90. The van der Waals surface area contributed by atoms with E-state index in [1.165, 1.54) is 4.57 Å². The van der Waals surface area contributed by atoms with Crippen LogP contribution in [-0.4, -0.2) is 44.2 Å². The number of nitrogens with zero attached hydrogens (tertiary/aromatic N) is 5. The highest BCUT2D eigenvalue weighted by Crippen LogP contribution is 2.31. The van der Waals surface area contributed by atoms with Gasteiger partial charge in [-0.3, -0.25) is 13.8 Å². The summed E-state index contributed by atoms with van der Waals surface area (Å²) in [4.78, 5) is 15.3. The van der Waals surface area contributed by atoms with Gasteiger partial charge in [0.2, 0.25) is 0 Å². The number of benzene rings is 1. The summed E-state index contributed by atoms with van der Waals surface area (Å²) in [5.74, 6) is -0.615. The van der Waals surface area contributed by atoms with Gasteiger partial charge in [0.05, 0.1) is 35.7 Å². The van der Waals surface area contributed by atoms with Gasteiger partial charge in [-0.2, -0.15) is 5.10 Å². The molecule has 7 nitrogen and oxygen atoms in total. The Morgan fingerprint density at radius 3 is 2.74 bits per heavy atom. The third-order valence-corrected chi connectivity index (χ3v) is 5.85. The monoisotopic (exact) mass is 447 g/mol. The Hall–Kier alpha value is -2.58. The normalized spacial score (nSPS) is 16.1. The average molecular weight is 448 g/mol. The average Bonchev–Trinajstić information content (AvgIpc) is 3.29. The van der Waals surface area contributed by atoms with Crippen LogP contribution in [0.4, 0.5) is 10.1 Å². The molecule has 2 aromatic heterocycles. The Bertz CT molecular complexity index is 1160. The van der Waals surface area contributed by atoms with Crippen LogP contribution in [-0.2, 0) is 17.8 Å². The predicted octanol–water partition coefficient (Wildman–Crippen LogP) is 3.62. The van der Waals surface area contributed by atoms with E-state index in [0.717, 1.165) is 23.5 Å². The first kappa shape index (κ1) is 21.6. The van der Waals surface area contributed by atoms with E-state index in [0.29, 0.717) is 26.2 Å². The van der Waals surface area contributed by atoms with Gasteiger partial charge in [-0.05, 0) is 39.8 Å². The van der Waals surface area contributed by atoms with Crippen molar-refractivity contribution in [2.45, 2.75) is 46.4 Å². The summed E-state index contributed by atoms with van der Waals surface area (Å²) >= 11 is 6.24. The fraction of sp³-hybridized carbons (Fsp3) is 0.455. The minimum Gasteiger partial charge on any atom is -0.372 e. The van der Waals surface area contributed by atoms with Crippen LogP contribution >= 0.6 is 11.6 Å². The molecule has 1 fully saturated rings. The number of morpholine rings is 1. The van der Waals surface area contributed by atoms with Crippen molar-refractivity contribution in [3.63, 3.8) is 0 Å². The molecule has 1 aliphatic heterocycles. The van der Waals surface area contributed by atoms with E-state index in [1.807, 2.05) is 33.9 Å². The van der Waals surface area contributed by atoms with Crippen molar-refractivity contribution in [2.75, 3.05) is 24.6 Å². The molecular formula is C22H27ClFN5O2. The van der Waals surface area contributed by atoms with Gasteiger partial charge in [0, 0.05) is 49.0 Å². The molecule has 1 saturated heterocycles. The summed E-state index contributed by atoms with van der Waals surface area (Å²) in [7, 11) is 0. The zero-order valence-electron chi connectivity index (χ0n) is 18.2. The number of hydrogen-bond acceptors (Lipinski definition) is 4. The molecule has 0 aliphatic carbocycles. The first-order chi connectivity index (χ1) is 14.7. The Balaban J connectivity index is 1.72. The van der Waals surface area contributed by atoms with Crippen LogP contribution in [0.2, 0.25) is 5.02 Å². The van der Waals surface area contributed by atoms with Crippen molar-refractivity contribution in [1.82, 2.24) is 18.9 Å². The maximum absolute atomic E-state index is 15.0. The maximum Gasteiger partial charge on any atom is 0.333 e. The third kappa shape index (κ3) is 4.27. The van der Waals surface area contributed by atoms with Gasteiger partial charge in [0.25, 0.3) is 0 Å². The zero-order valence-corrected chi connectivity index (χ0v) is 19.0. The van der Waals surface area contributed by atoms with Gasteiger partial charge in [-0.1, -0.05) is 11.6 Å². The summed E-state index contributed by atoms with van der Waals surface area (Å²) in [5, 5.41) is 4.24. The summed E-state index contributed by atoms with van der Waals surface area (Å²) in [6.07, 6.45) is 5.29. The second-order valence-electron chi connectivity index (χ2n) is 8.50. The van der Waals surface area contributed by atoms with Gasteiger partial charge in [0.1, 0.15) is 0 Å². The first-order valence-corrected chi connectivity index (χ1v) is 10.7. The van der Waals surface area contributed by atoms with E-state index in [2.05, 4.69) is 10.00 Å². The second kappa shape index (κ2) is 8.16. The number of halogens is 2. The number of aryl methyl sites for hydroxylation is 2. The Morgan fingerprint density at radius 1 is 1.29 bits per heavy atom. The highest BCUT2D eigenvalue weighted by atomic mass is 35.5. The first-order valence-electron chi connectivity index (χ1n) is 10.4. The van der Waals surface area contributed by atoms with Crippen LogP contribution in [0.1, 0.15) is 32.0 Å². The van der Waals surface area contributed by atoms with Crippen molar-refractivity contribution >= 4 is 17.3 Å². The van der Waals surface area contributed by atoms with Crippen molar-refractivity contribution in [3.05, 3.63) is 63.3 Å². The third-order valence-electron chi connectivity index (χ3n) is 5.57. The van der Waals surface area contributed by atoms with Crippen LogP contribution in [0, 0.1) is 12.7 Å². The van der Waals surface area contributed by atoms with E-state index in [9.17, 15) is 4.79 Å². The Morgan fingerprint density at radius 2 is 2.06 bits per heavy atom. The van der Waals surface area contributed by atoms with E-state index >= 15 is 4.39 Å². The predicted molar refractivity (Wildman–Crippen MR) is 119 cm³/mol. The Kier molecular flexibility index (Phi) is 5.70. The van der Waals surface area contributed by atoms with Gasteiger partial charge in [-0.25, -0.2) is 9.18 Å². The molecule has 3 aromatic rings. The van der Waals surface area contributed by atoms with Crippen LogP contribution in [0.5, 0.6) is 0 Å². The molecule has 0 bridgehead atoms. The maximum atomic E-state index is 15.0. The van der Waals surface area contributed by atoms with Gasteiger partial charge in [-0.15, -0.1) is 0 Å². The number of aromatic nitrogens is 4.